The molecule has 1 aromatic heterocycles. The number of aromatic nitrogens is 2. The lowest BCUT2D eigenvalue weighted by atomic mass is 9.94. The molecule has 6 nitrogen and oxygen atoms in total. The minimum atomic E-state index is -4.72. The van der Waals surface area contributed by atoms with Gasteiger partial charge in [0.15, 0.2) is 5.75 Å². The Morgan fingerprint density at radius 2 is 1.96 bits per heavy atom. The van der Waals surface area contributed by atoms with Crippen molar-refractivity contribution in [1.29, 1.82) is 0 Å². The molecule has 0 bridgehead atoms. The molecule has 2 heterocycles. The van der Waals surface area contributed by atoms with Gasteiger partial charge in [0.2, 0.25) is 0 Å². The van der Waals surface area contributed by atoms with E-state index in [1.807, 2.05) is 0 Å². The summed E-state index contributed by atoms with van der Waals surface area (Å²) in [5.41, 5.74) is -0.931. The van der Waals surface area contributed by atoms with Crippen LogP contribution < -0.4 is 10.3 Å². The molecule has 0 saturated heterocycles. The molecule has 0 aliphatic carbocycles. The third kappa shape index (κ3) is 2.97. The van der Waals surface area contributed by atoms with E-state index in [-0.39, 0.29) is 34.6 Å². The number of nitrogens with zero attached hydrogens (tertiary/aromatic N) is 2. The summed E-state index contributed by atoms with van der Waals surface area (Å²) >= 11 is 0. The molecule has 2 N–H and O–H groups in total. The lowest BCUT2D eigenvalue weighted by molar-refractivity contribution is -0.140. The highest BCUT2D eigenvalue weighted by molar-refractivity contribution is 8.24. The molecule has 0 atom stereocenters. The van der Waals surface area contributed by atoms with Crippen LogP contribution in [0.3, 0.4) is 0 Å². The first-order valence-electron chi connectivity index (χ1n) is 7.67. The summed E-state index contributed by atoms with van der Waals surface area (Å²) in [6, 6.07) is 2.03. The van der Waals surface area contributed by atoms with Gasteiger partial charge in [0.1, 0.15) is 0 Å². The van der Waals surface area contributed by atoms with Gasteiger partial charge in [-0.25, -0.2) is 4.68 Å². The summed E-state index contributed by atoms with van der Waals surface area (Å²) in [5, 5.41) is 3.90. The lowest BCUT2D eigenvalue weighted by Gasteiger charge is -2.40. The van der Waals surface area contributed by atoms with Gasteiger partial charge in [0.05, 0.1) is 29.3 Å². The molecule has 3 rings (SSSR count). The molecule has 0 unspecified atom stereocenters. The number of methoxy groups -OCH3 is 1. The minimum Gasteiger partial charge on any atom is -0.491 e. The zero-order valence-corrected chi connectivity index (χ0v) is 14.8. The summed E-state index contributed by atoms with van der Waals surface area (Å²) in [6.07, 6.45) is -2.85. The zero-order chi connectivity index (χ0) is 19.3. The van der Waals surface area contributed by atoms with E-state index in [2.05, 4.69) is 5.10 Å². The Kier molecular flexibility index (Phi) is 4.53. The average Bonchev–Trinajstić information content (AvgIpc) is 2.55. The number of alkyl halides is 3. The molecule has 26 heavy (non-hydrogen) atoms. The molecule has 0 saturated carbocycles. The second kappa shape index (κ2) is 6.29. The first kappa shape index (κ1) is 18.7. The predicted molar refractivity (Wildman–Crippen MR) is 90.8 cm³/mol. The first-order valence-corrected chi connectivity index (χ1v) is 9.39. The number of fused-ring (bicyclic) bond motifs is 1. The molecular weight excluding hydrogens is 373 g/mol. The van der Waals surface area contributed by atoms with Crippen molar-refractivity contribution in [1.82, 2.24) is 9.78 Å². The largest absolute Gasteiger partial charge is 0.491 e. The highest BCUT2D eigenvalue weighted by atomic mass is 32.3. The summed E-state index contributed by atoms with van der Waals surface area (Å²) in [6.45, 7) is 0. The second-order valence-electron chi connectivity index (χ2n) is 5.96. The highest BCUT2D eigenvalue weighted by Gasteiger charge is 2.41. The number of ether oxygens (including phenoxy) is 1. The van der Waals surface area contributed by atoms with Crippen LogP contribution in [0.5, 0.6) is 5.75 Å². The maximum absolute atomic E-state index is 13.4. The van der Waals surface area contributed by atoms with Gasteiger partial charge in [0, 0.05) is 12.8 Å². The minimum absolute atomic E-state index is 0.0634. The van der Waals surface area contributed by atoms with Crippen LogP contribution in [-0.4, -0.2) is 31.7 Å². The molecule has 0 radical (unpaired) electrons. The van der Waals surface area contributed by atoms with Crippen molar-refractivity contribution in [3.63, 3.8) is 0 Å². The Balaban J connectivity index is 2.37. The molecule has 142 valence electrons. The van der Waals surface area contributed by atoms with E-state index in [1.54, 1.807) is 0 Å². The number of halogens is 3. The Hall–Kier alpha value is -2.04. The SMILES string of the molecule is COc1c(-c2ccc(C(F)(F)F)c3c2CCCS3(O)O)cnn(C)c1=O. The first-order chi connectivity index (χ1) is 12.1. The maximum Gasteiger partial charge on any atom is 0.418 e. The fraction of sp³-hybridized carbons (Fsp3) is 0.375. The Labute approximate surface area is 148 Å². The molecule has 10 heteroatoms. The van der Waals surface area contributed by atoms with Gasteiger partial charge in [-0.05, 0) is 30.0 Å². The smallest absolute Gasteiger partial charge is 0.418 e. The number of hydrogen-bond acceptors (Lipinski definition) is 5. The monoisotopic (exact) mass is 390 g/mol. The van der Waals surface area contributed by atoms with Crippen molar-refractivity contribution >= 4 is 10.6 Å². The van der Waals surface area contributed by atoms with E-state index < -0.39 is 32.8 Å². The van der Waals surface area contributed by atoms with Gasteiger partial charge < -0.3 is 4.74 Å². The van der Waals surface area contributed by atoms with E-state index in [0.29, 0.717) is 6.42 Å². The molecular formula is C16H17F3N2O4S. The van der Waals surface area contributed by atoms with Crippen LogP contribution in [0.15, 0.2) is 28.0 Å². The number of hydrogen-bond donors (Lipinski definition) is 2. The van der Waals surface area contributed by atoms with E-state index >= 15 is 0 Å². The molecule has 0 amide bonds. The van der Waals surface area contributed by atoms with E-state index in [9.17, 15) is 27.1 Å². The van der Waals surface area contributed by atoms with Gasteiger partial charge in [0.25, 0.3) is 0 Å². The van der Waals surface area contributed by atoms with Crippen molar-refractivity contribution in [2.75, 3.05) is 12.9 Å². The van der Waals surface area contributed by atoms with Crippen molar-refractivity contribution in [2.24, 2.45) is 7.05 Å². The van der Waals surface area contributed by atoms with Crippen molar-refractivity contribution in [3.05, 3.63) is 39.8 Å². The van der Waals surface area contributed by atoms with Gasteiger partial charge in [-0.15, -0.1) is 0 Å². The Bertz CT molecular complexity index is 925. The fourth-order valence-corrected chi connectivity index (χ4v) is 5.08. The van der Waals surface area contributed by atoms with Gasteiger partial charge in [-0.3, -0.25) is 13.9 Å². The van der Waals surface area contributed by atoms with Gasteiger partial charge in [-0.1, -0.05) is 6.07 Å². The third-order valence-electron chi connectivity index (χ3n) is 4.34. The molecule has 1 aliphatic rings. The maximum atomic E-state index is 13.4. The molecule has 2 aromatic rings. The topological polar surface area (TPSA) is 84.6 Å². The van der Waals surface area contributed by atoms with Crippen LogP contribution in [-0.2, 0) is 19.6 Å². The van der Waals surface area contributed by atoms with E-state index in [0.717, 1.165) is 10.7 Å². The van der Waals surface area contributed by atoms with Crippen LogP contribution >= 0.6 is 10.6 Å². The standard InChI is InChI=1S/C16H17F3N2O4S/c1-21-15(22)13(25-2)11(8-20-21)9-5-6-12(16(17,18)19)14-10(9)4-3-7-26(14,23)24/h5-6,8,23-24H,3-4,7H2,1-2H3. The summed E-state index contributed by atoms with van der Waals surface area (Å²) in [4.78, 5) is 11.7. The second-order valence-corrected chi connectivity index (χ2v) is 8.11. The van der Waals surface area contributed by atoms with Crippen molar-refractivity contribution in [3.8, 4) is 16.9 Å². The van der Waals surface area contributed by atoms with Crippen LogP contribution in [0.4, 0.5) is 13.2 Å². The van der Waals surface area contributed by atoms with Gasteiger partial charge in [-0.2, -0.15) is 28.9 Å². The third-order valence-corrected chi connectivity index (χ3v) is 6.31. The highest BCUT2D eigenvalue weighted by Crippen LogP contribution is 2.59. The Morgan fingerprint density at radius 3 is 2.58 bits per heavy atom. The van der Waals surface area contributed by atoms with E-state index in [4.69, 9.17) is 4.74 Å². The van der Waals surface area contributed by atoms with Gasteiger partial charge >= 0.3 is 11.7 Å². The predicted octanol–water partition coefficient (Wildman–Crippen LogP) is 3.53. The molecule has 0 fully saturated rings. The van der Waals surface area contributed by atoms with Crippen LogP contribution in [0.25, 0.3) is 11.1 Å². The van der Waals surface area contributed by atoms with Crippen LogP contribution in [0.1, 0.15) is 17.5 Å². The lowest BCUT2D eigenvalue weighted by Crippen LogP contribution is -2.23. The quantitative estimate of drug-likeness (QED) is 0.820. The Morgan fingerprint density at radius 1 is 1.27 bits per heavy atom. The zero-order valence-electron chi connectivity index (χ0n) is 14.0. The molecule has 0 spiro atoms. The van der Waals surface area contributed by atoms with Crippen molar-refractivity contribution in [2.45, 2.75) is 23.9 Å². The normalized spacial score (nSPS) is 17.5. The number of benzene rings is 1. The summed E-state index contributed by atoms with van der Waals surface area (Å²) < 4.78 is 67.0. The summed E-state index contributed by atoms with van der Waals surface area (Å²) in [5.74, 6) is -0.190. The fourth-order valence-electron chi connectivity index (χ4n) is 3.18. The average molecular weight is 390 g/mol. The number of aryl methyl sites for hydroxylation is 1. The van der Waals surface area contributed by atoms with Crippen LogP contribution in [0.2, 0.25) is 0 Å². The van der Waals surface area contributed by atoms with E-state index in [1.165, 1.54) is 26.4 Å². The van der Waals surface area contributed by atoms with Crippen molar-refractivity contribution < 1.29 is 27.0 Å². The molecule has 1 aromatic carbocycles. The molecule has 1 aliphatic heterocycles. The van der Waals surface area contributed by atoms with Crippen LogP contribution in [0, 0.1) is 0 Å². The summed E-state index contributed by atoms with van der Waals surface area (Å²) in [7, 11) is -0.883. The number of rotatable bonds is 2.